The summed E-state index contributed by atoms with van der Waals surface area (Å²) in [5.41, 5.74) is 2.33. The van der Waals surface area contributed by atoms with Crippen molar-refractivity contribution in [3.63, 3.8) is 0 Å². The SMILES string of the molecule is CCNC(=O)c1c(-c2ccccc2)c(CCNC(=O)OC(C)(C)C)nc2ccc(F)cc12. The molecule has 0 bridgehead atoms. The van der Waals surface area contributed by atoms with Crippen LogP contribution >= 0.6 is 0 Å². The zero-order valence-electron chi connectivity index (χ0n) is 18.8. The number of halogens is 1. The van der Waals surface area contributed by atoms with Crippen molar-refractivity contribution in [1.29, 1.82) is 0 Å². The lowest BCUT2D eigenvalue weighted by molar-refractivity contribution is 0.0528. The molecule has 0 spiro atoms. The van der Waals surface area contributed by atoms with Crippen molar-refractivity contribution >= 4 is 22.9 Å². The van der Waals surface area contributed by atoms with E-state index in [4.69, 9.17) is 9.72 Å². The number of hydrogen-bond acceptors (Lipinski definition) is 4. The van der Waals surface area contributed by atoms with Gasteiger partial charge in [-0.25, -0.2) is 9.18 Å². The van der Waals surface area contributed by atoms with Crippen molar-refractivity contribution in [2.24, 2.45) is 0 Å². The number of nitrogens with zero attached hydrogens (tertiary/aromatic N) is 1. The highest BCUT2D eigenvalue weighted by molar-refractivity contribution is 6.12. The van der Waals surface area contributed by atoms with E-state index in [1.54, 1.807) is 26.8 Å². The molecule has 2 amide bonds. The predicted molar refractivity (Wildman–Crippen MR) is 123 cm³/mol. The van der Waals surface area contributed by atoms with Crippen molar-refractivity contribution in [3.05, 3.63) is 65.6 Å². The standard InChI is InChI=1S/C25H28FN3O3/c1-5-27-23(30)22-18-15-17(26)11-12-19(18)29-20(21(22)16-9-7-6-8-10-16)13-14-28-24(31)32-25(2,3)4/h6-12,15H,5,13-14H2,1-4H3,(H,27,30)(H,28,31). The van der Waals surface area contributed by atoms with Crippen LogP contribution in [0.25, 0.3) is 22.0 Å². The van der Waals surface area contributed by atoms with Gasteiger partial charge in [0.2, 0.25) is 0 Å². The Morgan fingerprint density at radius 1 is 1.06 bits per heavy atom. The second-order valence-corrected chi connectivity index (χ2v) is 8.37. The van der Waals surface area contributed by atoms with E-state index in [-0.39, 0.29) is 12.5 Å². The molecule has 32 heavy (non-hydrogen) atoms. The number of aromatic nitrogens is 1. The summed E-state index contributed by atoms with van der Waals surface area (Å²) in [6.07, 6.45) is -0.158. The average Bonchev–Trinajstić information content (AvgIpc) is 2.72. The van der Waals surface area contributed by atoms with Crippen LogP contribution in [0, 0.1) is 5.82 Å². The minimum atomic E-state index is -0.601. The third-order valence-electron chi connectivity index (χ3n) is 4.68. The summed E-state index contributed by atoms with van der Waals surface area (Å²) in [7, 11) is 0. The Bertz CT molecular complexity index is 1120. The zero-order chi connectivity index (χ0) is 23.3. The molecule has 0 saturated heterocycles. The summed E-state index contributed by atoms with van der Waals surface area (Å²) < 4.78 is 19.4. The number of amides is 2. The Kier molecular flexibility index (Phi) is 7.08. The Balaban J connectivity index is 2.09. The molecule has 0 saturated carbocycles. The van der Waals surface area contributed by atoms with Crippen LogP contribution in [0.2, 0.25) is 0 Å². The van der Waals surface area contributed by atoms with E-state index < -0.39 is 17.5 Å². The maximum Gasteiger partial charge on any atom is 0.407 e. The number of pyridine rings is 1. The van der Waals surface area contributed by atoms with Crippen molar-refractivity contribution < 1.29 is 18.7 Å². The number of carbonyl (C=O) groups excluding carboxylic acids is 2. The van der Waals surface area contributed by atoms with Crippen LogP contribution in [-0.2, 0) is 11.2 Å². The fraction of sp³-hybridized carbons (Fsp3) is 0.320. The second kappa shape index (κ2) is 9.77. The number of nitrogens with one attached hydrogen (secondary N) is 2. The third-order valence-corrected chi connectivity index (χ3v) is 4.68. The van der Waals surface area contributed by atoms with Crippen LogP contribution in [-0.4, -0.2) is 35.7 Å². The highest BCUT2D eigenvalue weighted by Gasteiger charge is 2.22. The molecule has 2 N–H and O–H groups in total. The van der Waals surface area contributed by atoms with E-state index in [2.05, 4.69) is 10.6 Å². The second-order valence-electron chi connectivity index (χ2n) is 8.37. The molecule has 6 nitrogen and oxygen atoms in total. The molecule has 0 fully saturated rings. The summed E-state index contributed by atoms with van der Waals surface area (Å²) in [6, 6.07) is 13.6. The monoisotopic (exact) mass is 437 g/mol. The van der Waals surface area contributed by atoms with E-state index in [9.17, 15) is 14.0 Å². The smallest absolute Gasteiger partial charge is 0.407 e. The first-order chi connectivity index (χ1) is 15.2. The molecule has 1 aromatic heterocycles. The van der Waals surface area contributed by atoms with Crippen molar-refractivity contribution in [1.82, 2.24) is 15.6 Å². The van der Waals surface area contributed by atoms with Crippen molar-refractivity contribution in [2.45, 2.75) is 39.7 Å². The molecule has 0 atom stereocenters. The zero-order valence-corrected chi connectivity index (χ0v) is 18.8. The van der Waals surface area contributed by atoms with E-state index in [0.29, 0.717) is 40.7 Å². The van der Waals surface area contributed by atoms with Gasteiger partial charge in [0, 0.05) is 30.5 Å². The van der Waals surface area contributed by atoms with E-state index in [0.717, 1.165) is 5.56 Å². The molecule has 0 aliphatic rings. The predicted octanol–water partition coefficient (Wildman–Crippen LogP) is 4.86. The minimum Gasteiger partial charge on any atom is -0.444 e. The number of ether oxygens (including phenoxy) is 1. The topological polar surface area (TPSA) is 80.3 Å². The van der Waals surface area contributed by atoms with Crippen LogP contribution in [0.3, 0.4) is 0 Å². The van der Waals surface area contributed by atoms with Crippen LogP contribution in [0.4, 0.5) is 9.18 Å². The number of carbonyl (C=O) groups is 2. The highest BCUT2D eigenvalue weighted by atomic mass is 19.1. The van der Waals surface area contributed by atoms with Crippen LogP contribution in [0.1, 0.15) is 43.7 Å². The van der Waals surface area contributed by atoms with Crippen LogP contribution in [0.15, 0.2) is 48.5 Å². The third kappa shape index (κ3) is 5.60. The van der Waals surface area contributed by atoms with Gasteiger partial charge in [-0.3, -0.25) is 9.78 Å². The maximum atomic E-state index is 14.1. The Labute approximate surface area is 187 Å². The molecule has 7 heteroatoms. The first kappa shape index (κ1) is 23.2. The fourth-order valence-corrected chi connectivity index (χ4v) is 3.46. The summed E-state index contributed by atoms with van der Waals surface area (Å²) in [6.45, 7) is 7.91. The summed E-state index contributed by atoms with van der Waals surface area (Å²) in [5, 5.41) is 6.01. The van der Waals surface area contributed by atoms with Crippen molar-refractivity contribution in [2.75, 3.05) is 13.1 Å². The lowest BCUT2D eigenvalue weighted by atomic mass is 9.92. The molecular formula is C25H28FN3O3. The summed E-state index contributed by atoms with van der Waals surface area (Å²) in [4.78, 5) is 29.9. The van der Waals surface area contributed by atoms with E-state index >= 15 is 0 Å². The quantitative estimate of drug-likeness (QED) is 0.577. The molecule has 3 aromatic rings. The molecule has 168 valence electrons. The number of fused-ring (bicyclic) bond motifs is 1. The fourth-order valence-electron chi connectivity index (χ4n) is 3.46. The van der Waals surface area contributed by atoms with Gasteiger partial charge >= 0.3 is 6.09 Å². The van der Waals surface area contributed by atoms with E-state index in [1.165, 1.54) is 12.1 Å². The Morgan fingerprint density at radius 3 is 2.44 bits per heavy atom. The number of hydrogen-bond donors (Lipinski definition) is 2. The molecule has 0 radical (unpaired) electrons. The van der Waals surface area contributed by atoms with Gasteiger partial charge in [0.25, 0.3) is 5.91 Å². The Hall–Kier alpha value is -3.48. The van der Waals surface area contributed by atoms with Gasteiger partial charge in [-0.1, -0.05) is 30.3 Å². The maximum absolute atomic E-state index is 14.1. The van der Waals surface area contributed by atoms with Gasteiger partial charge in [-0.05, 0) is 51.5 Å². The average molecular weight is 438 g/mol. The van der Waals surface area contributed by atoms with Gasteiger partial charge in [-0.2, -0.15) is 0 Å². The minimum absolute atomic E-state index is 0.267. The summed E-state index contributed by atoms with van der Waals surface area (Å²) >= 11 is 0. The summed E-state index contributed by atoms with van der Waals surface area (Å²) in [5.74, 6) is -0.742. The molecule has 1 heterocycles. The molecular weight excluding hydrogens is 409 g/mol. The first-order valence-corrected chi connectivity index (χ1v) is 10.6. The number of alkyl carbamates (subject to hydrolysis) is 1. The molecule has 2 aromatic carbocycles. The van der Waals surface area contributed by atoms with Gasteiger partial charge in [0.1, 0.15) is 11.4 Å². The van der Waals surface area contributed by atoms with Crippen LogP contribution < -0.4 is 10.6 Å². The number of benzene rings is 2. The number of rotatable bonds is 6. The molecule has 0 unspecified atom stereocenters. The normalized spacial score (nSPS) is 11.3. The van der Waals surface area contributed by atoms with Crippen LogP contribution in [0.5, 0.6) is 0 Å². The van der Waals surface area contributed by atoms with Gasteiger partial charge in [0.05, 0.1) is 16.8 Å². The first-order valence-electron chi connectivity index (χ1n) is 10.6. The molecule has 3 rings (SSSR count). The van der Waals surface area contributed by atoms with Gasteiger partial charge in [0.15, 0.2) is 0 Å². The van der Waals surface area contributed by atoms with Gasteiger partial charge in [-0.15, -0.1) is 0 Å². The van der Waals surface area contributed by atoms with Gasteiger partial charge < -0.3 is 15.4 Å². The largest absolute Gasteiger partial charge is 0.444 e. The molecule has 0 aliphatic heterocycles. The lowest BCUT2D eigenvalue weighted by Crippen LogP contribution is -2.33. The van der Waals surface area contributed by atoms with E-state index in [1.807, 2.05) is 37.3 Å². The van der Waals surface area contributed by atoms with Crippen molar-refractivity contribution in [3.8, 4) is 11.1 Å². The molecule has 0 aliphatic carbocycles. The highest BCUT2D eigenvalue weighted by Crippen LogP contribution is 2.33. The Morgan fingerprint density at radius 2 is 1.78 bits per heavy atom. The lowest BCUT2D eigenvalue weighted by Gasteiger charge is -2.20.